The van der Waals surface area contributed by atoms with Crippen LogP contribution >= 0.6 is 0 Å². The first-order valence-corrected chi connectivity index (χ1v) is 17.5. The highest BCUT2D eigenvalue weighted by Crippen LogP contribution is 2.41. The van der Waals surface area contributed by atoms with Crippen LogP contribution in [-0.4, -0.2) is 14.1 Å². The van der Waals surface area contributed by atoms with Crippen molar-refractivity contribution < 1.29 is 0 Å². The Morgan fingerprint density at radius 1 is 0.365 bits per heavy atom. The van der Waals surface area contributed by atoms with Gasteiger partial charge in [-0.25, -0.2) is 4.98 Å². The van der Waals surface area contributed by atoms with Gasteiger partial charge in [-0.3, -0.25) is 9.13 Å². The van der Waals surface area contributed by atoms with Crippen LogP contribution < -0.4 is 0 Å². The van der Waals surface area contributed by atoms with Crippen LogP contribution in [0.5, 0.6) is 0 Å². The van der Waals surface area contributed by atoms with Crippen LogP contribution in [0.15, 0.2) is 182 Å². The monoisotopic (exact) mass is 662 g/mol. The second-order valence-corrected chi connectivity index (χ2v) is 13.1. The topological polar surface area (TPSA) is 46.5 Å². The van der Waals surface area contributed by atoms with Crippen LogP contribution in [0.2, 0.25) is 0 Å². The summed E-state index contributed by atoms with van der Waals surface area (Å²) in [5, 5.41) is 14.5. The molecule has 0 aliphatic carbocycles. The highest BCUT2D eigenvalue weighted by atomic mass is 15.1. The molecule has 0 saturated heterocycles. The summed E-state index contributed by atoms with van der Waals surface area (Å²) in [6.07, 6.45) is 0. The molecule has 0 bridgehead atoms. The van der Waals surface area contributed by atoms with Crippen LogP contribution in [0.4, 0.5) is 0 Å². The third-order valence-electron chi connectivity index (χ3n) is 10.2. The molecule has 0 spiro atoms. The number of para-hydroxylation sites is 4. The smallest absolute Gasteiger partial charge is 0.140 e. The van der Waals surface area contributed by atoms with Gasteiger partial charge in [0.05, 0.1) is 33.7 Å². The summed E-state index contributed by atoms with van der Waals surface area (Å²) in [4.78, 5) is 5.53. The Balaban J connectivity index is 1.29. The number of nitrogens with zero attached hydrogens (tertiary/aromatic N) is 4. The largest absolute Gasteiger partial charge is 0.294 e. The van der Waals surface area contributed by atoms with E-state index in [9.17, 15) is 5.26 Å². The van der Waals surface area contributed by atoms with Gasteiger partial charge in [0, 0.05) is 21.5 Å². The molecule has 0 radical (unpaired) electrons. The number of hydrogen-bond donors (Lipinski definition) is 0. The maximum atomic E-state index is 9.70. The van der Waals surface area contributed by atoms with Crippen LogP contribution in [0.1, 0.15) is 5.56 Å². The average Bonchev–Trinajstić information content (AvgIpc) is 3.74. The van der Waals surface area contributed by atoms with Crippen molar-refractivity contribution >= 4 is 43.6 Å². The summed E-state index contributed by atoms with van der Waals surface area (Å²) in [7, 11) is 0. The van der Waals surface area contributed by atoms with E-state index in [1.165, 1.54) is 21.5 Å². The molecule has 0 unspecified atom stereocenters. The maximum Gasteiger partial charge on any atom is 0.140 e. The third kappa shape index (κ3) is 4.65. The average molecular weight is 663 g/mol. The summed E-state index contributed by atoms with van der Waals surface area (Å²) < 4.78 is 4.60. The van der Waals surface area contributed by atoms with Gasteiger partial charge >= 0.3 is 0 Å². The molecule has 0 atom stereocenters. The van der Waals surface area contributed by atoms with Crippen molar-refractivity contribution in [2.24, 2.45) is 0 Å². The first-order valence-electron chi connectivity index (χ1n) is 17.5. The maximum absolute atomic E-state index is 9.70. The van der Waals surface area contributed by atoms with E-state index in [1.54, 1.807) is 0 Å². The van der Waals surface area contributed by atoms with Gasteiger partial charge in [0.1, 0.15) is 11.6 Å². The van der Waals surface area contributed by atoms with E-state index in [4.69, 9.17) is 4.98 Å². The molecule has 0 saturated carbocycles. The van der Waals surface area contributed by atoms with Gasteiger partial charge in [-0.15, -0.1) is 0 Å². The van der Waals surface area contributed by atoms with E-state index < -0.39 is 0 Å². The van der Waals surface area contributed by atoms with Gasteiger partial charge in [0.25, 0.3) is 0 Å². The van der Waals surface area contributed by atoms with Crippen molar-refractivity contribution in [1.82, 2.24) is 14.1 Å². The van der Waals surface area contributed by atoms with E-state index in [2.05, 4.69) is 179 Å². The lowest BCUT2D eigenvalue weighted by molar-refractivity contribution is 1.01. The molecule has 52 heavy (non-hydrogen) atoms. The van der Waals surface area contributed by atoms with Crippen LogP contribution in [0, 0.1) is 11.3 Å². The van der Waals surface area contributed by atoms with Crippen molar-refractivity contribution in [3.63, 3.8) is 0 Å². The molecule has 10 aromatic rings. The molecule has 4 heteroatoms. The zero-order chi connectivity index (χ0) is 34.6. The second kappa shape index (κ2) is 12.0. The SMILES string of the molecule is N#Cc1cccc(-c2ccccc2-c2ccccc2-c2cc(-n3c4ccccc4c4ccccc43)nc(-n3c4ccccc4c4ccccc43)c2)c1. The Morgan fingerprint density at radius 3 is 1.19 bits per heavy atom. The van der Waals surface area contributed by atoms with Gasteiger partial charge in [0.2, 0.25) is 0 Å². The zero-order valence-corrected chi connectivity index (χ0v) is 28.1. The Kier molecular flexibility index (Phi) is 6.84. The molecule has 0 fully saturated rings. The van der Waals surface area contributed by atoms with E-state index >= 15 is 0 Å². The van der Waals surface area contributed by atoms with Crippen LogP contribution in [0.3, 0.4) is 0 Å². The molecule has 0 aliphatic heterocycles. The first-order chi connectivity index (χ1) is 25.8. The summed E-state index contributed by atoms with van der Waals surface area (Å²) in [6.45, 7) is 0. The summed E-state index contributed by atoms with van der Waals surface area (Å²) >= 11 is 0. The Bertz CT molecular complexity index is 2810. The fraction of sp³-hybridized carbons (Fsp3) is 0. The first kappa shape index (κ1) is 29.7. The fourth-order valence-electron chi connectivity index (χ4n) is 7.92. The molecule has 0 N–H and O–H groups in total. The lowest BCUT2D eigenvalue weighted by Crippen LogP contribution is -2.04. The van der Waals surface area contributed by atoms with Crippen molar-refractivity contribution in [3.05, 3.63) is 188 Å². The van der Waals surface area contributed by atoms with Crippen LogP contribution in [0.25, 0.3) is 88.6 Å². The third-order valence-corrected chi connectivity index (χ3v) is 10.2. The summed E-state index contributed by atoms with van der Waals surface area (Å²) in [5.41, 5.74) is 11.5. The minimum atomic E-state index is 0.640. The van der Waals surface area contributed by atoms with Gasteiger partial charge in [0.15, 0.2) is 0 Å². The van der Waals surface area contributed by atoms with Crippen molar-refractivity contribution in [1.29, 1.82) is 5.26 Å². The number of benzene rings is 7. The van der Waals surface area contributed by atoms with Crippen molar-refractivity contribution in [3.8, 4) is 51.1 Å². The molecule has 0 aliphatic rings. The second-order valence-electron chi connectivity index (χ2n) is 13.1. The van der Waals surface area contributed by atoms with Gasteiger partial charge in [-0.1, -0.05) is 133 Å². The molecule has 3 heterocycles. The number of fused-ring (bicyclic) bond motifs is 6. The molecule has 3 aromatic heterocycles. The minimum Gasteiger partial charge on any atom is -0.294 e. The number of rotatable bonds is 5. The Morgan fingerprint density at radius 2 is 0.750 bits per heavy atom. The highest BCUT2D eigenvalue weighted by molar-refractivity contribution is 6.10. The van der Waals surface area contributed by atoms with Crippen molar-refractivity contribution in [2.75, 3.05) is 0 Å². The normalized spacial score (nSPS) is 11.4. The molecule has 0 amide bonds. The standard InChI is InChI=1S/C48H30N4/c49-31-32-14-13-15-33(28-32)35-16-1-3-18-37(35)38-19-4-2-17-36(38)34-29-47(51-43-24-9-5-20-39(43)40-21-6-10-25-44(40)51)50-48(30-34)52-45-26-11-7-22-41(45)42-23-8-12-27-46(42)52/h1-30H. The number of nitriles is 1. The van der Waals surface area contributed by atoms with E-state index in [1.807, 2.05) is 18.2 Å². The lowest BCUT2D eigenvalue weighted by atomic mass is 9.89. The minimum absolute atomic E-state index is 0.640. The molecule has 242 valence electrons. The zero-order valence-electron chi connectivity index (χ0n) is 28.1. The van der Waals surface area contributed by atoms with E-state index in [0.717, 1.165) is 67.1 Å². The van der Waals surface area contributed by atoms with E-state index in [-0.39, 0.29) is 0 Å². The molecule has 7 aromatic carbocycles. The highest BCUT2D eigenvalue weighted by Gasteiger charge is 2.20. The van der Waals surface area contributed by atoms with E-state index in [0.29, 0.717) is 5.56 Å². The molecule has 10 rings (SSSR count). The van der Waals surface area contributed by atoms with Gasteiger partial charge in [-0.05, 0) is 81.9 Å². The van der Waals surface area contributed by atoms with Crippen molar-refractivity contribution in [2.45, 2.75) is 0 Å². The van der Waals surface area contributed by atoms with Crippen LogP contribution in [-0.2, 0) is 0 Å². The predicted molar refractivity (Wildman–Crippen MR) is 214 cm³/mol. The predicted octanol–water partition coefficient (Wildman–Crippen LogP) is 12.1. The molecule has 4 nitrogen and oxygen atoms in total. The number of hydrogen-bond acceptors (Lipinski definition) is 2. The molecular weight excluding hydrogens is 633 g/mol. The molecular formula is C48H30N4. The lowest BCUT2D eigenvalue weighted by Gasteiger charge is -2.18. The summed E-state index contributed by atoms with van der Waals surface area (Å²) in [5.74, 6) is 1.69. The quantitative estimate of drug-likeness (QED) is 0.184. The number of pyridine rings is 1. The number of aromatic nitrogens is 3. The Labute approximate surface area is 300 Å². The fourth-order valence-corrected chi connectivity index (χ4v) is 7.92. The summed E-state index contributed by atoms with van der Waals surface area (Å²) in [6, 6.07) is 66.0. The van der Waals surface area contributed by atoms with Gasteiger partial charge in [-0.2, -0.15) is 5.26 Å². The van der Waals surface area contributed by atoms with Gasteiger partial charge < -0.3 is 0 Å². The Hall–Kier alpha value is -7.22.